The van der Waals surface area contributed by atoms with Gasteiger partial charge in [-0.15, -0.1) is 0 Å². The molecule has 5 nitrogen and oxygen atoms in total. The van der Waals surface area contributed by atoms with Crippen molar-refractivity contribution in [2.24, 2.45) is 11.1 Å². The van der Waals surface area contributed by atoms with E-state index in [1.807, 2.05) is 20.8 Å². The quantitative estimate of drug-likeness (QED) is 0.757. The predicted molar refractivity (Wildman–Crippen MR) is 107 cm³/mol. The molecule has 0 radical (unpaired) electrons. The molecule has 0 heterocycles. The van der Waals surface area contributed by atoms with Crippen LogP contribution in [0.15, 0.2) is 48.5 Å². The summed E-state index contributed by atoms with van der Waals surface area (Å²) in [6, 6.07) is 13.3. The van der Waals surface area contributed by atoms with Crippen LogP contribution < -0.4 is 15.8 Å². The van der Waals surface area contributed by atoms with E-state index in [-0.39, 0.29) is 24.4 Å². The smallest absolute Gasteiger partial charge is 0.245 e. The average Bonchev–Trinajstić information content (AvgIpc) is 2.66. The first-order valence-corrected chi connectivity index (χ1v) is 9.45. The summed E-state index contributed by atoms with van der Waals surface area (Å²) in [6.45, 7) is 6.67. The van der Waals surface area contributed by atoms with E-state index in [1.165, 1.54) is 12.1 Å². The van der Waals surface area contributed by atoms with Crippen molar-refractivity contribution in [2.75, 3.05) is 11.9 Å². The third-order valence-corrected chi connectivity index (χ3v) is 5.62. The van der Waals surface area contributed by atoms with Crippen LogP contribution in [0.1, 0.15) is 32.8 Å². The lowest BCUT2D eigenvalue weighted by Gasteiger charge is -2.57. The first kappa shape index (κ1) is 20.3. The van der Waals surface area contributed by atoms with Gasteiger partial charge in [-0.05, 0) is 36.8 Å². The highest BCUT2D eigenvalue weighted by atomic mass is 19.1. The van der Waals surface area contributed by atoms with Crippen LogP contribution in [0.2, 0.25) is 0 Å². The Morgan fingerprint density at radius 2 is 2.00 bits per heavy atom. The van der Waals surface area contributed by atoms with E-state index in [4.69, 9.17) is 15.2 Å². The van der Waals surface area contributed by atoms with Gasteiger partial charge in [-0.3, -0.25) is 4.79 Å². The molecular weight excluding hydrogens is 359 g/mol. The molecule has 1 fully saturated rings. The lowest BCUT2D eigenvalue weighted by atomic mass is 9.54. The molecule has 2 atom stereocenters. The number of carbonyl (C=O) groups is 1. The van der Waals surface area contributed by atoms with Gasteiger partial charge in [0.2, 0.25) is 5.91 Å². The summed E-state index contributed by atoms with van der Waals surface area (Å²) in [7, 11) is 0. The highest BCUT2D eigenvalue weighted by Gasteiger charge is 2.62. The third kappa shape index (κ3) is 3.88. The molecule has 0 aliphatic heterocycles. The van der Waals surface area contributed by atoms with E-state index >= 15 is 0 Å². The summed E-state index contributed by atoms with van der Waals surface area (Å²) in [6.07, 6.45) is 0.448. The molecule has 1 saturated carbocycles. The molecule has 0 saturated heterocycles. The topological polar surface area (TPSA) is 73.6 Å². The maximum Gasteiger partial charge on any atom is 0.245 e. The fraction of sp³-hybridized carbons (Fsp3) is 0.409. The minimum absolute atomic E-state index is 0.0332. The Balaban J connectivity index is 1.63. The Labute approximate surface area is 165 Å². The summed E-state index contributed by atoms with van der Waals surface area (Å²) in [5, 5.41) is 2.89. The van der Waals surface area contributed by atoms with E-state index in [0.29, 0.717) is 24.5 Å². The number of hydrogen-bond donors (Lipinski definition) is 2. The lowest BCUT2D eigenvalue weighted by molar-refractivity contribution is -0.166. The molecule has 1 aliphatic rings. The van der Waals surface area contributed by atoms with E-state index in [9.17, 15) is 9.18 Å². The molecule has 3 N–H and O–H groups in total. The Bertz CT molecular complexity index is 855. The Kier molecular flexibility index (Phi) is 5.72. The second-order valence-corrected chi connectivity index (χ2v) is 7.74. The van der Waals surface area contributed by atoms with Gasteiger partial charge in [-0.1, -0.05) is 32.0 Å². The predicted octanol–water partition coefficient (Wildman–Crippen LogP) is 3.88. The molecule has 0 aromatic heterocycles. The van der Waals surface area contributed by atoms with Gasteiger partial charge >= 0.3 is 0 Å². The second-order valence-electron chi connectivity index (χ2n) is 7.74. The largest absolute Gasteiger partial charge is 0.489 e. The number of nitrogens with one attached hydrogen (secondary N) is 1. The Morgan fingerprint density at radius 1 is 1.25 bits per heavy atom. The highest BCUT2D eigenvalue weighted by molar-refractivity contribution is 5.99. The number of carbonyl (C=O) groups excluding carboxylic acids is 1. The van der Waals surface area contributed by atoms with Gasteiger partial charge < -0.3 is 20.5 Å². The van der Waals surface area contributed by atoms with Crippen LogP contribution in [0.3, 0.4) is 0 Å². The normalized spacial score (nSPS) is 23.0. The summed E-state index contributed by atoms with van der Waals surface area (Å²) in [5.74, 6) is 0.0350. The standard InChI is InChI=1S/C22H27FN2O3/c1-4-27-19-13-22(24,21(19,2)3)20(26)25-17-9-6-10-18(12-17)28-14-15-7-5-8-16(23)11-15/h5-12,19H,4,13-14,24H2,1-3H3,(H,25,26). The molecule has 0 spiro atoms. The maximum atomic E-state index is 13.3. The lowest BCUT2D eigenvalue weighted by Crippen LogP contribution is -2.74. The maximum absolute atomic E-state index is 13.3. The Hall–Kier alpha value is -2.44. The zero-order valence-corrected chi connectivity index (χ0v) is 16.5. The number of ether oxygens (including phenoxy) is 2. The summed E-state index contributed by atoms with van der Waals surface area (Å²) < 4.78 is 24.7. The monoisotopic (exact) mass is 386 g/mol. The van der Waals surface area contributed by atoms with Gasteiger partial charge in [-0.25, -0.2) is 4.39 Å². The number of nitrogens with two attached hydrogens (primary N) is 1. The van der Waals surface area contributed by atoms with Crippen molar-refractivity contribution in [3.63, 3.8) is 0 Å². The molecule has 6 heteroatoms. The van der Waals surface area contributed by atoms with Crippen molar-refractivity contribution in [3.05, 3.63) is 59.9 Å². The van der Waals surface area contributed by atoms with E-state index in [0.717, 1.165) is 5.56 Å². The van der Waals surface area contributed by atoms with Crippen LogP contribution in [-0.2, 0) is 16.1 Å². The number of anilines is 1. The van der Waals surface area contributed by atoms with Crippen LogP contribution in [0.4, 0.5) is 10.1 Å². The molecule has 150 valence electrons. The SMILES string of the molecule is CCOC1CC(N)(C(=O)Nc2cccc(OCc3cccc(F)c3)c2)C1(C)C. The number of rotatable bonds is 7. The molecule has 28 heavy (non-hydrogen) atoms. The minimum Gasteiger partial charge on any atom is -0.489 e. The van der Waals surface area contributed by atoms with E-state index in [1.54, 1.807) is 36.4 Å². The summed E-state index contributed by atoms with van der Waals surface area (Å²) in [5.41, 5.74) is 6.30. The molecular formula is C22H27FN2O3. The van der Waals surface area contributed by atoms with Crippen molar-refractivity contribution in [2.45, 2.75) is 45.4 Å². The minimum atomic E-state index is -0.995. The van der Waals surface area contributed by atoms with Crippen molar-refractivity contribution in [1.82, 2.24) is 0 Å². The number of amides is 1. The van der Waals surface area contributed by atoms with Crippen LogP contribution >= 0.6 is 0 Å². The molecule has 2 aromatic carbocycles. The first-order valence-electron chi connectivity index (χ1n) is 9.45. The summed E-state index contributed by atoms with van der Waals surface area (Å²) in [4.78, 5) is 12.8. The zero-order chi connectivity index (χ0) is 20.4. The molecule has 2 aromatic rings. The van der Waals surface area contributed by atoms with Crippen LogP contribution in [0.25, 0.3) is 0 Å². The Morgan fingerprint density at radius 3 is 2.68 bits per heavy atom. The van der Waals surface area contributed by atoms with Gasteiger partial charge in [-0.2, -0.15) is 0 Å². The first-order chi connectivity index (χ1) is 13.3. The average molecular weight is 386 g/mol. The van der Waals surface area contributed by atoms with Gasteiger partial charge in [0.05, 0.1) is 6.10 Å². The van der Waals surface area contributed by atoms with Crippen LogP contribution in [0.5, 0.6) is 5.75 Å². The van der Waals surface area contributed by atoms with Crippen molar-refractivity contribution >= 4 is 11.6 Å². The zero-order valence-electron chi connectivity index (χ0n) is 16.5. The van der Waals surface area contributed by atoms with Crippen LogP contribution in [-0.4, -0.2) is 24.2 Å². The summed E-state index contributed by atoms with van der Waals surface area (Å²) >= 11 is 0. The van der Waals surface area contributed by atoms with Crippen molar-refractivity contribution in [1.29, 1.82) is 0 Å². The van der Waals surface area contributed by atoms with Gasteiger partial charge in [0.25, 0.3) is 0 Å². The fourth-order valence-corrected chi connectivity index (χ4v) is 3.52. The van der Waals surface area contributed by atoms with Gasteiger partial charge in [0.1, 0.15) is 23.7 Å². The van der Waals surface area contributed by atoms with Crippen LogP contribution in [0, 0.1) is 11.2 Å². The third-order valence-electron chi connectivity index (χ3n) is 5.62. The molecule has 2 unspecified atom stereocenters. The number of hydrogen-bond acceptors (Lipinski definition) is 4. The highest BCUT2D eigenvalue weighted by Crippen LogP contribution is 2.50. The molecule has 3 rings (SSSR count). The van der Waals surface area contributed by atoms with Gasteiger partial charge in [0, 0.05) is 30.2 Å². The number of halogens is 1. The molecule has 0 bridgehead atoms. The fourth-order valence-electron chi connectivity index (χ4n) is 3.52. The van der Waals surface area contributed by atoms with Crippen molar-refractivity contribution < 1.29 is 18.7 Å². The van der Waals surface area contributed by atoms with E-state index < -0.39 is 11.0 Å². The molecule has 1 aliphatic carbocycles. The van der Waals surface area contributed by atoms with Crippen molar-refractivity contribution in [3.8, 4) is 5.75 Å². The number of benzene rings is 2. The molecule has 1 amide bonds. The van der Waals surface area contributed by atoms with Gasteiger partial charge in [0.15, 0.2) is 0 Å². The van der Waals surface area contributed by atoms with E-state index in [2.05, 4.69) is 5.32 Å². The second kappa shape index (κ2) is 7.89.